The molecule has 3 rings (SSSR count). The van der Waals surface area contributed by atoms with E-state index < -0.39 is 11.9 Å². The van der Waals surface area contributed by atoms with Crippen LogP contribution in [-0.4, -0.2) is 28.7 Å². The van der Waals surface area contributed by atoms with Crippen molar-refractivity contribution in [3.05, 3.63) is 83.4 Å². The molecule has 0 atom stereocenters. The fourth-order valence-corrected chi connectivity index (χ4v) is 3.69. The summed E-state index contributed by atoms with van der Waals surface area (Å²) in [5.41, 5.74) is 11.1. The van der Waals surface area contributed by atoms with Gasteiger partial charge in [0.15, 0.2) is 0 Å². The third-order valence-corrected chi connectivity index (χ3v) is 4.87. The number of aliphatic carboxylic acids is 2. The SMILES string of the molecule is NCC/C=C1\c2ccccc2CSc2ccccc21.O=C(O)/C=C\C(=O)O. The molecule has 0 unspecified atom stereocenters. The fourth-order valence-electron chi connectivity index (χ4n) is 2.61. The number of fused-ring (bicyclic) bond motifs is 2. The van der Waals surface area contributed by atoms with Crippen LogP contribution in [0.3, 0.4) is 0 Å². The van der Waals surface area contributed by atoms with Crippen LogP contribution in [0.1, 0.15) is 23.1 Å². The molecule has 2 aromatic carbocycles. The highest BCUT2D eigenvalue weighted by atomic mass is 32.2. The first-order valence-electron chi connectivity index (χ1n) is 8.37. The standard InChI is InChI=1S/C17H17NS.C4H4O4/c18-11-5-9-15-14-7-2-1-6-13(14)12-19-17-10-4-3-8-16(15)17;5-3(6)1-2-4(7)8/h1-4,6-10H,5,11-12,18H2;1-2H,(H,5,6)(H,7,8)/b15-9+;2-1-. The predicted octanol–water partition coefficient (Wildman–Crippen LogP) is 3.78. The summed E-state index contributed by atoms with van der Waals surface area (Å²) in [4.78, 5) is 20.5. The summed E-state index contributed by atoms with van der Waals surface area (Å²) in [6.07, 6.45) is 4.32. The van der Waals surface area contributed by atoms with Gasteiger partial charge < -0.3 is 15.9 Å². The average molecular weight is 383 g/mol. The molecule has 1 aliphatic heterocycles. The van der Waals surface area contributed by atoms with E-state index in [0.717, 1.165) is 12.2 Å². The molecule has 1 heterocycles. The Bertz CT molecular complexity index is 808. The lowest BCUT2D eigenvalue weighted by Gasteiger charge is -2.11. The molecule has 5 nitrogen and oxygen atoms in total. The van der Waals surface area contributed by atoms with E-state index in [1.54, 1.807) is 0 Å². The van der Waals surface area contributed by atoms with Crippen LogP contribution < -0.4 is 5.73 Å². The lowest BCUT2D eigenvalue weighted by Crippen LogP contribution is -1.98. The van der Waals surface area contributed by atoms with Gasteiger partial charge in [-0.3, -0.25) is 0 Å². The molecule has 4 N–H and O–H groups in total. The molecule has 2 aromatic rings. The van der Waals surface area contributed by atoms with Crippen molar-refractivity contribution < 1.29 is 19.8 Å². The molecule has 1 aliphatic rings. The van der Waals surface area contributed by atoms with Crippen molar-refractivity contribution in [2.45, 2.75) is 17.1 Å². The van der Waals surface area contributed by atoms with Crippen LogP contribution in [-0.2, 0) is 15.3 Å². The van der Waals surface area contributed by atoms with Crippen molar-refractivity contribution in [2.24, 2.45) is 5.73 Å². The largest absolute Gasteiger partial charge is 0.478 e. The Hall–Kier alpha value is -2.83. The Labute approximate surface area is 162 Å². The highest BCUT2D eigenvalue weighted by molar-refractivity contribution is 7.98. The normalized spacial score (nSPS) is 13.9. The van der Waals surface area contributed by atoms with Gasteiger partial charge in [-0.25, -0.2) is 9.59 Å². The van der Waals surface area contributed by atoms with Crippen molar-refractivity contribution >= 4 is 29.3 Å². The summed E-state index contributed by atoms with van der Waals surface area (Å²) >= 11 is 1.92. The minimum Gasteiger partial charge on any atom is -0.478 e. The van der Waals surface area contributed by atoms with Crippen molar-refractivity contribution in [2.75, 3.05) is 6.54 Å². The van der Waals surface area contributed by atoms with Gasteiger partial charge in [-0.2, -0.15) is 0 Å². The summed E-state index contributed by atoms with van der Waals surface area (Å²) in [6.45, 7) is 0.695. The molecule has 0 aliphatic carbocycles. The molecule has 6 heteroatoms. The predicted molar refractivity (Wildman–Crippen MR) is 108 cm³/mol. The van der Waals surface area contributed by atoms with E-state index in [9.17, 15) is 9.59 Å². The molecule has 0 radical (unpaired) electrons. The molecule has 0 spiro atoms. The van der Waals surface area contributed by atoms with Gasteiger partial charge in [0.1, 0.15) is 0 Å². The van der Waals surface area contributed by atoms with Crippen LogP contribution in [0.15, 0.2) is 71.7 Å². The minimum atomic E-state index is -1.26. The molecule has 27 heavy (non-hydrogen) atoms. The lowest BCUT2D eigenvalue weighted by atomic mass is 9.93. The average Bonchev–Trinajstić information content (AvgIpc) is 2.82. The number of hydrogen-bond acceptors (Lipinski definition) is 4. The molecule has 0 fully saturated rings. The molecular weight excluding hydrogens is 362 g/mol. The number of carbonyl (C=O) groups is 2. The lowest BCUT2D eigenvalue weighted by molar-refractivity contribution is -0.134. The van der Waals surface area contributed by atoms with Gasteiger partial charge in [-0.1, -0.05) is 48.5 Å². The zero-order valence-electron chi connectivity index (χ0n) is 14.7. The molecule has 140 valence electrons. The number of thioether (sulfide) groups is 1. The van der Waals surface area contributed by atoms with Crippen LogP contribution in [0.5, 0.6) is 0 Å². The number of hydrogen-bond donors (Lipinski definition) is 3. The van der Waals surface area contributed by atoms with E-state index in [1.807, 2.05) is 11.8 Å². The zero-order chi connectivity index (χ0) is 19.6. The van der Waals surface area contributed by atoms with Gasteiger partial charge in [-0.15, -0.1) is 11.8 Å². The Morgan fingerprint density at radius 1 is 0.963 bits per heavy atom. The third kappa shape index (κ3) is 6.13. The van der Waals surface area contributed by atoms with Gasteiger partial charge in [-0.05, 0) is 41.3 Å². The maximum absolute atomic E-state index is 9.55. The van der Waals surface area contributed by atoms with E-state index in [1.165, 1.54) is 27.2 Å². The summed E-state index contributed by atoms with van der Waals surface area (Å²) in [6, 6.07) is 17.3. The highest BCUT2D eigenvalue weighted by Gasteiger charge is 2.17. The van der Waals surface area contributed by atoms with Crippen LogP contribution in [0.25, 0.3) is 5.57 Å². The first kappa shape index (κ1) is 20.5. The molecule has 0 amide bonds. The van der Waals surface area contributed by atoms with Crippen molar-refractivity contribution in [3.8, 4) is 0 Å². The Kier molecular flexibility index (Phi) is 7.85. The molecule has 0 saturated heterocycles. The number of carboxylic acid groups (broad SMARTS) is 2. The van der Waals surface area contributed by atoms with E-state index >= 15 is 0 Å². The number of rotatable bonds is 4. The van der Waals surface area contributed by atoms with Crippen molar-refractivity contribution in [1.29, 1.82) is 0 Å². The maximum Gasteiger partial charge on any atom is 0.328 e. The number of benzene rings is 2. The zero-order valence-corrected chi connectivity index (χ0v) is 15.5. The summed E-state index contributed by atoms with van der Waals surface area (Å²) < 4.78 is 0. The monoisotopic (exact) mass is 383 g/mol. The summed E-state index contributed by atoms with van der Waals surface area (Å²) in [5.74, 6) is -1.48. The fraction of sp³-hybridized carbons (Fsp3) is 0.143. The highest BCUT2D eigenvalue weighted by Crippen LogP contribution is 2.39. The van der Waals surface area contributed by atoms with Crippen molar-refractivity contribution in [3.63, 3.8) is 0 Å². The van der Waals surface area contributed by atoms with Crippen LogP contribution >= 0.6 is 11.8 Å². The van der Waals surface area contributed by atoms with Gasteiger partial charge in [0.05, 0.1) is 0 Å². The molecule has 0 bridgehead atoms. The number of nitrogens with two attached hydrogens (primary N) is 1. The van der Waals surface area contributed by atoms with E-state index in [2.05, 4.69) is 54.6 Å². The Morgan fingerprint density at radius 3 is 2.19 bits per heavy atom. The van der Waals surface area contributed by atoms with Crippen LogP contribution in [0.4, 0.5) is 0 Å². The summed E-state index contributed by atoms with van der Waals surface area (Å²) in [7, 11) is 0. The van der Waals surface area contributed by atoms with Crippen LogP contribution in [0, 0.1) is 0 Å². The molecule has 0 aromatic heterocycles. The number of carboxylic acids is 2. The van der Waals surface area contributed by atoms with Gasteiger partial charge >= 0.3 is 11.9 Å². The minimum absolute atomic E-state index is 0.558. The molecular formula is C21H21NO4S. The van der Waals surface area contributed by atoms with E-state index in [0.29, 0.717) is 18.7 Å². The smallest absolute Gasteiger partial charge is 0.328 e. The van der Waals surface area contributed by atoms with E-state index in [4.69, 9.17) is 15.9 Å². The first-order chi connectivity index (χ1) is 13.0. The summed E-state index contributed by atoms with van der Waals surface area (Å²) in [5, 5.41) is 15.6. The van der Waals surface area contributed by atoms with Gasteiger partial charge in [0, 0.05) is 22.8 Å². The van der Waals surface area contributed by atoms with Crippen molar-refractivity contribution in [1.82, 2.24) is 0 Å². The quantitative estimate of drug-likeness (QED) is 0.695. The Balaban J connectivity index is 0.000000279. The third-order valence-electron chi connectivity index (χ3n) is 3.75. The molecule has 0 saturated carbocycles. The second-order valence-corrected chi connectivity index (χ2v) is 6.66. The maximum atomic E-state index is 9.55. The second-order valence-electron chi connectivity index (χ2n) is 5.65. The Morgan fingerprint density at radius 2 is 1.56 bits per heavy atom. The van der Waals surface area contributed by atoms with Crippen LogP contribution in [0.2, 0.25) is 0 Å². The topological polar surface area (TPSA) is 101 Å². The van der Waals surface area contributed by atoms with E-state index in [-0.39, 0.29) is 0 Å². The first-order valence-corrected chi connectivity index (χ1v) is 9.36. The van der Waals surface area contributed by atoms with Gasteiger partial charge in [0.25, 0.3) is 0 Å². The van der Waals surface area contributed by atoms with Gasteiger partial charge in [0.2, 0.25) is 0 Å². The second kappa shape index (κ2) is 10.4.